The zero-order chi connectivity index (χ0) is 22.3. The fourth-order valence-corrected chi connectivity index (χ4v) is 5.32. The van der Waals surface area contributed by atoms with Gasteiger partial charge in [-0.3, -0.25) is 14.9 Å². The number of alkyl halides is 3. The van der Waals surface area contributed by atoms with Crippen LogP contribution in [0.25, 0.3) is 0 Å². The molecule has 2 aromatic rings. The monoisotopic (exact) mass is 483 g/mol. The van der Waals surface area contributed by atoms with Crippen LogP contribution >= 0.6 is 22.9 Å². The minimum atomic E-state index is -4.81. The molecule has 1 aromatic heterocycles. The number of thiophene rings is 1. The van der Waals surface area contributed by atoms with Crippen LogP contribution < -0.4 is 0 Å². The van der Waals surface area contributed by atoms with Gasteiger partial charge in [-0.25, -0.2) is 8.42 Å². The van der Waals surface area contributed by atoms with E-state index in [1.54, 1.807) is 0 Å². The maximum absolute atomic E-state index is 13.0. The van der Waals surface area contributed by atoms with E-state index in [2.05, 4.69) is 0 Å². The number of nitrogens with zero attached hydrogens (tertiary/aromatic N) is 3. The van der Waals surface area contributed by atoms with Crippen molar-refractivity contribution in [2.75, 3.05) is 26.2 Å². The lowest BCUT2D eigenvalue weighted by atomic mass is 10.2. The molecule has 8 nitrogen and oxygen atoms in total. The van der Waals surface area contributed by atoms with E-state index in [-0.39, 0.29) is 36.1 Å². The van der Waals surface area contributed by atoms with Crippen LogP contribution in [0.2, 0.25) is 5.02 Å². The zero-order valence-electron chi connectivity index (χ0n) is 14.9. The van der Waals surface area contributed by atoms with Gasteiger partial charge in [-0.15, -0.1) is 0 Å². The number of rotatable bonds is 4. The van der Waals surface area contributed by atoms with Gasteiger partial charge < -0.3 is 4.90 Å². The van der Waals surface area contributed by atoms with Crippen molar-refractivity contribution in [3.05, 3.63) is 55.9 Å². The number of hydrogen-bond acceptors (Lipinski definition) is 6. The van der Waals surface area contributed by atoms with Crippen molar-refractivity contribution in [3.8, 4) is 0 Å². The molecule has 1 saturated heterocycles. The van der Waals surface area contributed by atoms with Crippen LogP contribution in [-0.4, -0.2) is 54.6 Å². The second-order valence-corrected chi connectivity index (χ2v) is 9.64. The van der Waals surface area contributed by atoms with E-state index < -0.39 is 42.5 Å². The van der Waals surface area contributed by atoms with Crippen molar-refractivity contribution in [2.24, 2.45) is 0 Å². The molecule has 0 unspecified atom stereocenters. The number of hydrogen-bond donors (Lipinski definition) is 0. The van der Waals surface area contributed by atoms with Crippen molar-refractivity contribution in [1.82, 2.24) is 9.21 Å². The number of benzene rings is 1. The Morgan fingerprint density at radius 3 is 2.30 bits per heavy atom. The third-order valence-electron chi connectivity index (χ3n) is 4.39. The standard InChI is InChI=1S/C16H13ClF3N3O5S2/c17-12-2-1-10(9-11(12)16(18,19)20)30(27,28)22-7-5-21(6-8-22)15(24)13-3-4-14(29-13)23(25)26/h1-4,9H,5-8H2. The summed E-state index contributed by atoms with van der Waals surface area (Å²) in [4.78, 5) is 23.5. The van der Waals surface area contributed by atoms with Gasteiger partial charge in [-0.1, -0.05) is 22.9 Å². The van der Waals surface area contributed by atoms with Gasteiger partial charge in [0.15, 0.2) is 0 Å². The van der Waals surface area contributed by atoms with Gasteiger partial charge in [0, 0.05) is 32.2 Å². The number of nitro groups is 1. The quantitative estimate of drug-likeness (QED) is 0.489. The molecule has 0 atom stereocenters. The minimum Gasteiger partial charge on any atom is -0.335 e. The van der Waals surface area contributed by atoms with Crippen molar-refractivity contribution >= 4 is 43.9 Å². The third kappa shape index (κ3) is 4.43. The van der Waals surface area contributed by atoms with Crippen LogP contribution in [0.15, 0.2) is 35.2 Å². The zero-order valence-corrected chi connectivity index (χ0v) is 17.3. The molecule has 0 bridgehead atoms. The predicted octanol–water partition coefficient (Wildman–Crippen LogP) is 3.48. The lowest BCUT2D eigenvalue weighted by molar-refractivity contribution is -0.380. The van der Waals surface area contributed by atoms with Crippen molar-refractivity contribution in [3.63, 3.8) is 0 Å². The molecule has 1 aliphatic heterocycles. The molecule has 3 rings (SSSR count). The Morgan fingerprint density at radius 2 is 1.77 bits per heavy atom. The highest BCUT2D eigenvalue weighted by atomic mass is 35.5. The van der Waals surface area contributed by atoms with Gasteiger partial charge in [-0.05, 0) is 24.3 Å². The molecule has 162 valence electrons. The van der Waals surface area contributed by atoms with E-state index >= 15 is 0 Å². The largest absolute Gasteiger partial charge is 0.417 e. The van der Waals surface area contributed by atoms with Gasteiger partial charge in [0.25, 0.3) is 5.91 Å². The summed E-state index contributed by atoms with van der Waals surface area (Å²) in [5, 5.41) is 9.95. The molecular weight excluding hydrogens is 471 g/mol. The van der Waals surface area contributed by atoms with Crippen molar-refractivity contribution in [1.29, 1.82) is 0 Å². The highest BCUT2D eigenvalue weighted by Gasteiger charge is 2.36. The number of piperazine rings is 1. The maximum atomic E-state index is 13.0. The van der Waals surface area contributed by atoms with Gasteiger partial charge in [0.05, 0.1) is 25.3 Å². The highest BCUT2D eigenvalue weighted by Crippen LogP contribution is 2.36. The van der Waals surface area contributed by atoms with Crippen LogP contribution in [-0.2, 0) is 16.2 Å². The SMILES string of the molecule is O=C(c1ccc([N+](=O)[O-])s1)N1CCN(S(=O)(=O)c2ccc(Cl)c(C(F)(F)F)c2)CC1. The number of amides is 1. The normalized spacial score (nSPS) is 15.9. The van der Waals surface area contributed by atoms with Crippen molar-refractivity contribution < 1.29 is 31.3 Å². The van der Waals surface area contributed by atoms with Gasteiger partial charge in [0.2, 0.25) is 10.0 Å². The lowest BCUT2D eigenvalue weighted by Gasteiger charge is -2.33. The fraction of sp³-hybridized carbons (Fsp3) is 0.312. The first-order valence-electron chi connectivity index (χ1n) is 8.31. The van der Waals surface area contributed by atoms with Gasteiger partial charge in [0.1, 0.15) is 0 Å². The highest BCUT2D eigenvalue weighted by molar-refractivity contribution is 7.89. The Morgan fingerprint density at radius 1 is 1.13 bits per heavy atom. The summed E-state index contributed by atoms with van der Waals surface area (Å²) in [6.07, 6.45) is -4.81. The molecule has 0 radical (unpaired) electrons. The Kier molecular flexibility index (Phi) is 6.09. The number of carbonyl (C=O) groups is 1. The van der Waals surface area contributed by atoms with Crippen molar-refractivity contribution in [2.45, 2.75) is 11.1 Å². The molecule has 0 N–H and O–H groups in total. The summed E-state index contributed by atoms with van der Waals surface area (Å²) in [7, 11) is -4.23. The summed E-state index contributed by atoms with van der Waals surface area (Å²) in [5.74, 6) is -0.476. The molecule has 2 heterocycles. The van der Waals surface area contributed by atoms with Crippen LogP contribution in [0.5, 0.6) is 0 Å². The van der Waals surface area contributed by atoms with Crippen LogP contribution in [0.3, 0.4) is 0 Å². The summed E-state index contributed by atoms with van der Waals surface area (Å²) >= 11 is 6.25. The maximum Gasteiger partial charge on any atom is 0.417 e. The summed E-state index contributed by atoms with van der Waals surface area (Å²) in [6.45, 7) is -0.288. The second-order valence-electron chi connectivity index (χ2n) is 6.23. The van der Waals surface area contributed by atoms with Crippen LogP contribution in [0.1, 0.15) is 15.2 Å². The molecule has 1 amide bonds. The van der Waals surface area contributed by atoms with Crippen LogP contribution in [0.4, 0.5) is 18.2 Å². The van der Waals surface area contributed by atoms with E-state index in [1.165, 1.54) is 17.0 Å². The van der Waals surface area contributed by atoms with E-state index in [9.17, 15) is 36.5 Å². The van der Waals surface area contributed by atoms with Crippen LogP contribution in [0, 0.1) is 10.1 Å². The third-order valence-corrected chi connectivity index (χ3v) is 7.64. The number of sulfonamides is 1. The van der Waals surface area contributed by atoms with Gasteiger partial charge >= 0.3 is 11.2 Å². The Labute approximate surface area is 177 Å². The first kappa shape index (κ1) is 22.5. The molecular formula is C16H13ClF3N3O5S2. The van der Waals surface area contributed by atoms with E-state index in [1.807, 2.05) is 0 Å². The molecule has 1 aromatic carbocycles. The van der Waals surface area contributed by atoms with E-state index in [0.29, 0.717) is 17.4 Å². The molecule has 0 saturated carbocycles. The first-order valence-corrected chi connectivity index (χ1v) is 10.9. The summed E-state index contributed by atoms with van der Waals surface area (Å²) < 4.78 is 65.6. The first-order chi connectivity index (χ1) is 13.9. The Balaban J connectivity index is 1.74. The summed E-state index contributed by atoms with van der Waals surface area (Å²) in [6, 6.07) is 4.88. The summed E-state index contributed by atoms with van der Waals surface area (Å²) in [5.41, 5.74) is -1.25. The molecule has 30 heavy (non-hydrogen) atoms. The smallest absolute Gasteiger partial charge is 0.335 e. The van der Waals surface area contributed by atoms with E-state index in [0.717, 1.165) is 16.4 Å². The Hall–Kier alpha value is -2.22. The average Bonchev–Trinajstić information content (AvgIpc) is 3.17. The topological polar surface area (TPSA) is 101 Å². The van der Waals surface area contributed by atoms with Gasteiger partial charge in [-0.2, -0.15) is 17.5 Å². The molecule has 1 aliphatic rings. The molecule has 0 spiro atoms. The Bertz CT molecular complexity index is 1100. The fourth-order valence-electron chi connectivity index (χ4n) is 2.86. The number of carbonyl (C=O) groups excluding carboxylic acids is 1. The lowest BCUT2D eigenvalue weighted by Crippen LogP contribution is -2.50. The minimum absolute atomic E-state index is 0.0104. The molecule has 1 fully saturated rings. The second kappa shape index (κ2) is 8.13. The predicted molar refractivity (Wildman–Crippen MR) is 102 cm³/mol. The van der Waals surface area contributed by atoms with E-state index in [4.69, 9.17) is 11.6 Å². The average molecular weight is 484 g/mol. The number of halogens is 4. The molecule has 14 heteroatoms. The molecule has 0 aliphatic carbocycles.